The summed E-state index contributed by atoms with van der Waals surface area (Å²) in [5.74, 6) is 0.768. The number of hydrogen-bond acceptors (Lipinski definition) is 2. The molecule has 1 saturated carbocycles. The fourth-order valence-electron chi connectivity index (χ4n) is 2.51. The summed E-state index contributed by atoms with van der Waals surface area (Å²) < 4.78 is 0. The van der Waals surface area contributed by atoms with Crippen LogP contribution in [0.3, 0.4) is 0 Å². The van der Waals surface area contributed by atoms with E-state index in [9.17, 15) is 0 Å². The van der Waals surface area contributed by atoms with Gasteiger partial charge in [0.15, 0.2) is 0 Å². The largest absolute Gasteiger partial charge is 0.330 e. The Bertz CT molecular complexity index is 185. The standard InChI is InChI=1S/C14H30N2/c1-5-14(6-2,10-15)11-16(9-12(3)4)13-7-8-13/h12-13H,5-11,15H2,1-4H3. The van der Waals surface area contributed by atoms with E-state index in [2.05, 4.69) is 32.6 Å². The SMILES string of the molecule is CCC(CC)(CN)CN(CC(C)C)C1CC1. The van der Waals surface area contributed by atoms with Gasteiger partial charge in [-0.2, -0.15) is 0 Å². The van der Waals surface area contributed by atoms with E-state index in [-0.39, 0.29) is 0 Å². The van der Waals surface area contributed by atoms with E-state index in [0.717, 1.165) is 18.5 Å². The van der Waals surface area contributed by atoms with Crippen LogP contribution in [-0.2, 0) is 0 Å². The van der Waals surface area contributed by atoms with Gasteiger partial charge >= 0.3 is 0 Å². The Balaban J connectivity index is 2.57. The number of nitrogens with two attached hydrogens (primary N) is 1. The van der Waals surface area contributed by atoms with Crippen LogP contribution in [0.1, 0.15) is 53.4 Å². The Hall–Kier alpha value is -0.0800. The maximum absolute atomic E-state index is 6.00. The van der Waals surface area contributed by atoms with Gasteiger partial charge in [0.1, 0.15) is 0 Å². The summed E-state index contributed by atoms with van der Waals surface area (Å²) in [4.78, 5) is 2.70. The monoisotopic (exact) mass is 226 g/mol. The molecule has 2 N–H and O–H groups in total. The molecule has 96 valence electrons. The maximum atomic E-state index is 6.00. The molecule has 0 heterocycles. The first kappa shape index (κ1) is 14.0. The molecule has 0 bridgehead atoms. The zero-order chi connectivity index (χ0) is 12.2. The summed E-state index contributed by atoms with van der Waals surface area (Å²) >= 11 is 0. The van der Waals surface area contributed by atoms with Crippen LogP contribution in [0.4, 0.5) is 0 Å². The maximum Gasteiger partial charge on any atom is 0.00967 e. The first-order valence-electron chi connectivity index (χ1n) is 7.01. The smallest absolute Gasteiger partial charge is 0.00967 e. The van der Waals surface area contributed by atoms with Crippen molar-refractivity contribution in [2.24, 2.45) is 17.1 Å². The lowest BCUT2D eigenvalue weighted by Gasteiger charge is -2.37. The van der Waals surface area contributed by atoms with Gasteiger partial charge in [0.05, 0.1) is 0 Å². The van der Waals surface area contributed by atoms with Crippen LogP contribution in [0, 0.1) is 11.3 Å². The van der Waals surface area contributed by atoms with Gasteiger partial charge in [-0.25, -0.2) is 0 Å². The molecule has 0 amide bonds. The Kier molecular flexibility index (Phi) is 5.26. The van der Waals surface area contributed by atoms with Gasteiger partial charge in [-0.1, -0.05) is 27.7 Å². The van der Waals surface area contributed by atoms with E-state index in [1.165, 1.54) is 38.8 Å². The Morgan fingerprint density at radius 2 is 1.81 bits per heavy atom. The molecule has 1 aliphatic carbocycles. The molecule has 2 heteroatoms. The van der Waals surface area contributed by atoms with Crippen LogP contribution in [-0.4, -0.2) is 30.6 Å². The second-order valence-corrected chi connectivity index (χ2v) is 5.97. The molecular formula is C14H30N2. The third-order valence-electron chi connectivity index (χ3n) is 4.13. The molecule has 1 rings (SSSR count). The van der Waals surface area contributed by atoms with Crippen molar-refractivity contribution in [2.75, 3.05) is 19.6 Å². The van der Waals surface area contributed by atoms with E-state index < -0.39 is 0 Å². The molecule has 0 radical (unpaired) electrons. The van der Waals surface area contributed by atoms with Crippen molar-refractivity contribution >= 4 is 0 Å². The van der Waals surface area contributed by atoms with Crippen molar-refractivity contribution in [2.45, 2.75) is 59.4 Å². The lowest BCUT2D eigenvalue weighted by atomic mass is 9.81. The highest BCUT2D eigenvalue weighted by Crippen LogP contribution is 2.33. The Morgan fingerprint density at radius 3 is 2.12 bits per heavy atom. The highest BCUT2D eigenvalue weighted by molar-refractivity contribution is 4.90. The van der Waals surface area contributed by atoms with Crippen molar-refractivity contribution in [3.05, 3.63) is 0 Å². The van der Waals surface area contributed by atoms with Gasteiger partial charge < -0.3 is 5.73 Å². The Morgan fingerprint density at radius 1 is 1.25 bits per heavy atom. The van der Waals surface area contributed by atoms with E-state index in [0.29, 0.717) is 5.41 Å². The summed E-state index contributed by atoms with van der Waals surface area (Å²) in [5, 5.41) is 0. The molecule has 0 atom stereocenters. The molecule has 1 aliphatic rings. The van der Waals surface area contributed by atoms with Crippen molar-refractivity contribution < 1.29 is 0 Å². The second kappa shape index (κ2) is 6.02. The van der Waals surface area contributed by atoms with Crippen molar-refractivity contribution in [1.29, 1.82) is 0 Å². The van der Waals surface area contributed by atoms with Gasteiger partial charge in [-0.3, -0.25) is 4.90 Å². The Labute approximate surface area is 102 Å². The molecule has 0 aromatic carbocycles. The summed E-state index contributed by atoms with van der Waals surface area (Å²) in [6.45, 7) is 12.5. The van der Waals surface area contributed by atoms with Crippen LogP contribution < -0.4 is 5.73 Å². The van der Waals surface area contributed by atoms with Gasteiger partial charge in [-0.05, 0) is 43.6 Å². The van der Waals surface area contributed by atoms with E-state index in [1.807, 2.05) is 0 Å². The predicted octanol–water partition coefficient (Wildman–Crippen LogP) is 2.87. The van der Waals surface area contributed by atoms with Crippen molar-refractivity contribution in [3.63, 3.8) is 0 Å². The van der Waals surface area contributed by atoms with Gasteiger partial charge in [-0.15, -0.1) is 0 Å². The van der Waals surface area contributed by atoms with E-state index in [1.54, 1.807) is 0 Å². The molecular weight excluding hydrogens is 196 g/mol. The molecule has 0 aliphatic heterocycles. The van der Waals surface area contributed by atoms with Crippen LogP contribution in [0.15, 0.2) is 0 Å². The first-order chi connectivity index (χ1) is 7.56. The summed E-state index contributed by atoms with van der Waals surface area (Å²) in [6.07, 6.45) is 5.23. The van der Waals surface area contributed by atoms with Gasteiger partial charge in [0.25, 0.3) is 0 Å². The summed E-state index contributed by atoms with van der Waals surface area (Å²) in [6, 6.07) is 0.867. The molecule has 0 spiro atoms. The third kappa shape index (κ3) is 3.74. The molecule has 0 unspecified atom stereocenters. The van der Waals surface area contributed by atoms with Gasteiger partial charge in [0.2, 0.25) is 0 Å². The average Bonchev–Trinajstić information content (AvgIpc) is 3.08. The quantitative estimate of drug-likeness (QED) is 0.689. The van der Waals surface area contributed by atoms with Crippen LogP contribution in [0.5, 0.6) is 0 Å². The second-order valence-electron chi connectivity index (χ2n) is 5.97. The van der Waals surface area contributed by atoms with Crippen LogP contribution >= 0.6 is 0 Å². The minimum atomic E-state index is 0.359. The number of hydrogen-bond donors (Lipinski definition) is 1. The highest BCUT2D eigenvalue weighted by Gasteiger charge is 2.35. The molecule has 16 heavy (non-hydrogen) atoms. The predicted molar refractivity (Wildman–Crippen MR) is 71.5 cm³/mol. The van der Waals surface area contributed by atoms with E-state index >= 15 is 0 Å². The molecule has 0 saturated heterocycles. The average molecular weight is 226 g/mol. The fourth-order valence-corrected chi connectivity index (χ4v) is 2.51. The van der Waals surface area contributed by atoms with Gasteiger partial charge in [0, 0.05) is 19.1 Å². The molecule has 0 aromatic rings. The zero-order valence-electron chi connectivity index (χ0n) is 11.6. The zero-order valence-corrected chi connectivity index (χ0v) is 11.6. The van der Waals surface area contributed by atoms with Crippen LogP contribution in [0.25, 0.3) is 0 Å². The summed E-state index contributed by atoms with van der Waals surface area (Å²) in [5.41, 5.74) is 6.36. The highest BCUT2D eigenvalue weighted by atomic mass is 15.2. The molecule has 2 nitrogen and oxygen atoms in total. The minimum absolute atomic E-state index is 0.359. The lowest BCUT2D eigenvalue weighted by molar-refractivity contribution is 0.125. The summed E-state index contributed by atoms with van der Waals surface area (Å²) in [7, 11) is 0. The fraction of sp³-hybridized carbons (Fsp3) is 1.00. The third-order valence-corrected chi connectivity index (χ3v) is 4.13. The lowest BCUT2D eigenvalue weighted by Crippen LogP contribution is -2.44. The van der Waals surface area contributed by atoms with Crippen molar-refractivity contribution in [1.82, 2.24) is 4.90 Å². The molecule has 1 fully saturated rings. The van der Waals surface area contributed by atoms with Crippen molar-refractivity contribution in [3.8, 4) is 0 Å². The van der Waals surface area contributed by atoms with E-state index in [4.69, 9.17) is 5.73 Å². The first-order valence-corrected chi connectivity index (χ1v) is 7.01. The van der Waals surface area contributed by atoms with Crippen LogP contribution in [0.2, 0.25) is 0 Å². The number of nitrogens with zero attached hydrogens (tertiary/aromatic N) is 1. The number of rotatable bonds is 8. The normalized spacial score (nSPS) is 17.4. The molecule has 0 aromatic heterocycles. The topological polar surface area (TPSA) is 29.3 Å². The minimum Gasteiger partial charge on any atom is -0.330 e.